The summed E-state index contributed by atoms with van der Waals surface area (Å²) in [6, 6.07) is 10.9. The minimum absolute atomic E-state index is 0.453. The molecular formula is C23H27NO4. The molecule has 5 heteroatoms. The fourth-order valence-electron chi connectivity index (χ4n) is 3.38. The Morgan fingerprint density at radius 2 is 1.89 bits per heavy atom. The smallest absolute Gasteiger partial charge is 0.365 e. The van der Waals surface area contributed by atoms with Crippen LogP contribution < -0.4 is 9.47 Å². The van der Waals surface area contributed by atoms with E-state index >= 15 is 0 Å². The molecule has 0 aromatic heterocycles. The number of methoxy groups -OCH3 is 1. The van der Waals surface area contributed by atoms with Crippen molar-refractivity contribution < 1.29 is 19.1 Å². The van der Waals surface area contributed by atoms with Crippen LogP contribution in [0.4, 0.5) is 0 Å². The van der Waals surface area contributed by atoms with Crippen molar-refractivity contribution >= 4 is 11.7 Å². The van der Waals surface area contributed by atoms with Gasteiger partial charge in [-0.05, 0) is 80.1 Å². The number of carbonyl (C=O) groups excluding carboxylic acids is 1. The van der Waals surface area contributed by atoms with Crippen molar-refractivity contribution in [3.05, 3.63) is 58.7 Å². The van der Waals surface area contributed by atoms with Gasteiger partial charge >= 0.3 is 5.97 Å². The number of hydrogen-bond donors (Lipinski definition) is 0. The standard InChI is InChI=1S/C23H27NO4/c1-4-5-15-27-18-11-9-17(10-12-18)23(25)28-24-21-8-6-7-19-16(2)22(26-3)14-13-20(19)21/h9-14H,4-8,15H2,1-3H3. The number of nitrogens with zero attached hydrogens (tertiary/aromatic N) is 1. The van der Waals surface area contributed by atoms with Crippen LogP contribution in [-0.4, -0.2) is 25.4 Å². The van der Waals surface area contributed by atoms with Crippen LogP contribution in [-0.2, 0) is 11.3 Å². The second-order valence-corrected chi connectivity index (χ2v) is 6.92. The Kier molecular flexibility index (Phi) is 6.69. The van der Waals surface area contributed by atoms with E-state index in [2.05, 4.69) is 19.0 Å². The van der Waals surface area contributed by atoms with Gasteiger partial charge in [0.15, 0.2) is 0 Å². The molecule has 0 N–H and O–H groups in total. The monoisotopic (exact) mass is 381 g/mol. The van der Waals surface area contributed by atoms with Crippen LogP contribution in [0.5, 0.6) is 11.5 Å². The van der Waals surface area contributed by atoms with Crippen LogP contribution >= 0.6 is 0 Å². The number of oxime groups is 1. The quantitative estimate of drug-likeness (QED) is 0.381. The highest BCUT2D eigenvalue weighted by molar-refractivity contribution is 6.03. The van der Waals surface area contributed by atoms with Gasteiger partial charge in [-0.3, -0.25) is 0 Å². The fourth-order valence-corrected chi connectivity index (χ4v) is 3.38. The summed E-state index contributed by atoms with van der Waals surface area (Å²) in [5.41, 5.74) is 4.64. The Labute approximate surface area is 166 Å². The van der Waals surface area contributed by atoms with E-state index in [1.165, 1.54) is 5.56 Å². The second kappa shape index (κ2) is 9.40. The number of benzene rings is 2. The molecule has 3 rings (SSSR count). The minimum Gasteiger partial charge on any atom is -0.496 e. The summed E-state index contributed by atoms with van der Waals surface area (Å²) in [6.07, 6.45) is 4.83. The molecule has 0 saturated carbocycles. The lowest BCUT2D eigenvalue weighted by Crippen LogP contribution is -2.15. The normalized spacial score (nSPS) is 14.5. The largest absolute Gasteiger partial charge is 0.496 e. The molecule has 0 spiro atoms. The predicted molar refractivity (Wildman–Crippen MR) is 109 cm³/mol. The van der Waals surface area contributed by atoms with Crippen molar-refractivity contribution in [2.24, 2.45) is 5.16 Å². The molecule has 0 unspecified atom stereocenters. The zero-order valence-electron chi connectivity index (χ0n) is 16.8. The number of rotatable bonds is 7. The van der Waals surface area contributed by atoms with Crippen LogP contribution in [0.15, 0.2) is 41.6 Å². The van der Waals surface area contributed by atoms with E-state index in [4.69, 9.17) is 14.3 Å². The van der Waals surface area contributed by atoms with Gasteiger partial charge in [-0.25, -0.2) is 4.79 Å². The molecule has 0 bridgehead atoms. The minimum atomic E-state index is -0.468. The van der Waals surface area contributed by atoms with Crippen molar-refractivity contribution in [1.82, 2.24) is 0 Å². The van der Waals surface area contributed by atoms with Crippen molar-refractivity contribution in [2.75, 3.05) is 13.7 Å². The Bertz CT molecular complexity index is 856. The molecule has 0 atom stereocenters. The molecule has 0 heterocycles. The van der Waals surface area contributed by atoms with E-state index in [0.717, 1.165) is 60.4 Å². The highest BCUT2D eigenvalue weighted by atomic mass is 16.7. The summed E-state index contributed by atoms with van der Waals surface area (Å²) >= 11 is 0. The molecule has 28 heavy (non-hydrogen) atoms. The first kappa shape index (κ1) is 19.9. The third kappa shape index (κ3) is 4.53. The van der Waals surface area contributed by atoms with E-state index < -0.39 is 5.97 Å². The number of fused-ring (bicyclic) bond motifs is 1. The van der Waals surface area contributed by atoms with Gasteiger partial charge in [0.2, 0.25) is 0 Å². The molecule has 5 nitrogen and oxygen atoms in total. The van der Waals surface area contributed by atoms with E-state index in [1.807, 2.05) is 12.1 Å². The zero-order valence-corrected chi connectivity index (χ0v) is 16.8. The highest BCUT2D eigenvalue weighted by Gasteiger charge is 2.20. The van der Waals surface area contributed by atoms with Crippen LogP contribution in [0.3, 0.4) is 0 Å². The number of carbonyl (C=O) groups is 1. The predicted octanol–water partition coefficient (Wildman–Crippen LogP) is 5.08. The number of ether oxygens (including phenoxy) is 2. The van der Waals surface area contributed by atoms with Gasteiger partial charge in [0.25, 0.3) is 0 Å². The first-order valence-corrected chi connectivity index (χ1v) is 9.82. The average molecular weight is 381 g/mol. The van der Waals surface area contributed by atoms with E-state index in [0.29, 0.717) is 12.2 Å². The molecule has 0 amide bonds. The summed E-state index contributed by atoms with van der Waals surface area (Å²) in [5, 5.41) is 4.18. The van der Waals surface area contributed by atoms with Gasteiger partial charge < -0.3 is 14.3 Å². The Morgan fingerprint density at radius 1 is 1.11 bits per heavy atom. The van der Waals surface area contributed by atoms with Gasteiger partial charge in [-0.15, -0.1) is 0 Å². The van der Waals surface area contributed by atoms with E-state index in [-0.39, 0.29) is 0 Å². The number of hydrogen-bond acceptors (Lipinski definition) is 5. The molecular weight excluding hydrogens is 354 g/mol. The van der Waals surface area contributed by atoms with E-state index in [1.54, 1.807) is 31.4 Å². The van der Waals surface area contributed by atoms with Crippen LogP contribution in [0.25, 0.3) is 0 Å². The molecule has 2 aromatic carbocycles. The lowest BCUT2D eigenvalue weighted by molar-refractivity contribution is 0.0515. The molecule has 0 aliphatic heterocycles. The maximum atomic E-state index is 12.3. The molecule has 1 aliphatic rings. The molecule has 0 radical (unpaired) electrons. The first-order chi connectivity index (χ1) is 13.6. The molecule has 0 saturated heterocycles. The third-order valence-corrected chi connectivity index (χ3v) is 5.02. The Hall–Kier alpha value is -2.82. The van der Waals surface area contributed by atoms with Crippen molar-refractivity contribution in [2.45, 2.75) is 46.0 Å². The van der Waals surface area contributed by atoms with Crippen molar-refractivity contribution in [3.8, 4) is 11.5 Å². The van der Waals surface area contributed by atoms with Crippen molar-refractivity contribution in [1.29, 1.82) is 0 Å². The van der Waals surface area contributed by atoms with Gasteiger partial charge in [0.05, 0.1) is 25.0 Å². The maximum absolute atomic E-state index is 12.3. The maximum Gasteiger partial charge on any atom is 0.365 e. The molecule has 0 fully saturated rings. The fraction of sp³-hybridized carbons (Fsp3) is 0.391. The summed E-state index contributed by atoms with van der Waals surface area (Å²) in [7, 11) is 1.68. The van der Waals surface area contributed by atoms with Crippen molar-refractivity contribution in [3.63, 3.8) is 0 Å². The molecule has 1 aliphatic carbocycles. The average Bonchev–Trinajstić information content (AvgIpc) is 2.73. The SMILES string of the molecule is CCCCOc1ccc(C(=O)ON=C2CCCc3c2ccc(OC)c3C)cc1. The summed E-state index contributed by atoms with van der Waals surface area (Å²) in [5.74, 6) is 1.16. The van der Waals surface area contributed by atoms with E-state index in [9.17, 15) is 4.79 Å². The zero-order chi connectivity index (χ0) is 19.9. The van der Waals surface area contributed by atoms with Gasteiger partial charge in [-0.1, -0.05) is 18.5 Å². The summed E-state index contributed by atoms with van der Waals surface area (Å²) < 4.78 is 11.0. The molecule has 2 aromatic rings. The van der Waals surface area contributed by atoms with Crippen LogP contribution in [0, 0.1) is 6.92 Å². The third-order valence-electron chi connectivity index (χ3n) is 5.02. The van der Waals surface area contributed by atoms with Gasteiger partial charge in [0, 0.05) is 5.56 Å². The summed E-state index contributed by atoms with van der Waals surface area (Å²) in [6.45, 7) is 4.85. The Morgan fingerprint density at radius 3 is 2.61 bits per heavy atom. The van der Waals surface area contributed by atoms with Crippen LogP contribution in [0.2, 0.25) is 0 Å². The van der Waals surface area contributed by atoms with Gasteiger partial charge in [0.1, 0.15) is 11.5 Å². The second-order valence-electron chi connectivity index (χ2n) is 6.92. The topological polar surface area (TPSA) is 57.1 Å². The summed E-state index contributed by atoms with van der Waals surface area (Å²) in [4.78, 5) is 17.6. The molecule has 148 valence electrons. The van der Waals surface area contributed by atoms with Gasteiger partial charge in [-0.2, -0.15) is 0 Å². The Balaban J connectivity index is 1.69. The first-order valence-electron chi connectivity index (χ1n) is 9.82. The van der Waals surface area contributed by atoms with Crippen LogP contribution in [0.1, 0.15) is 59.7 Å². The lowest BCUT2D eigenvalue weighted by atomic mass is 9.87. The highest BCUT2D eigenvalue weighted by Crippen LogP contribution is 2.30. The lowest BCUT2D eigenvalue weighted by Gasteiger charge is -2.20. The number of unbranched alkanes of at least 4 members (excludes halogenated alkanes) is 1.